The number of nitrogens with two attached hydrogens (primary N) is 1. The molecule has 1 rings (SSSR count). The Bertz CT molecular complexity index is 597. The number of rotatable bonds is 4. The van der Waals surface area contributed by atoms with Gasteiger partial charge in [-0.25, -0.2) is 8.42 Å². The van der Waals surface area contributed by atoms with E-state index in [-0.39, 0.29) is 11.3 Å². The van der Waals surface area contributed by atoms with Crippen molar-refractivity contribution in [2.24, 2.45) is 5.73 Å². The molecule has 19 heavy (non-hydrogen) atoms. The number of carbonyl (C=O) groups excluding carboxylic acids is 1. The van der Waals surface area contributed by atoms with Crippen molar-refractivity contribution in [2.45, 2.75) is 17.3 Å². The standard InChI is InChI=1S/C10H11F3N2O3S/c1-2-15-8-4-3-6(5-7(8)9(14)16)19(17,18)10(11,12)13/h3-5,15H,2H2,1H3,(H2,14,16). The van der Waals surface area contributed by atoms with E-state index < -0.39 is 26.1 Å². The predicted molar refractivity (Wildman–Crippen MR) is 62.4 cm³/mol. The van der Waals surface area contributed by atoms with Crippen LogP contribution in [0.5, 0.6) is 0 Å². The molecule has 0 unspecified atom stereocenters. The molecule has 9 heteroatoms. The van der Waals surface area contributed by atoms with Gasteiger partial charge in [-0.3, -0.25) is 4.79 Å². The van der Waals surface area contributed by atoms with E-state index in [0.29, 0.717) is 12.6 Å². The molecule has 5 nitrogen and oxygen atoms in total. The third-order valence-electron chi connectivity index (χ3n) is 2.24. The van der Waals surface area contributed by atoms with Crippen molar-refractivity contribution in [1.82, 2.24) is 0 Å². The largest absolute Gasteiger partial charge is 0.501 e. The minimum atomic E-state index is -5.50. The highest BCUT2D eigenvalue weighted by atomic mass is 32.2. The summed E-state index contributed by atoms with van der Waals surface area (Å²) in [5.74, 6) is -1.02. The summed E-state index contributed by atoms with van der Waals surface area (Å²) in [4.78, 5) is 10.1. The van der Waals surface area contributed by atoms with Crippen LogP contribution in [-0.4, -0.2) is 26.4 Å². The lowest BCUT2D eigenvalue weighted by Gasteiger charge is -2.12. The normalized spacial score (nSPS) is 12.2. The molecule has 0 radical (unpaired) electrons. The fourth-order valence-electron chi connectivity index (χ4n) is 1.37. The fraction of sp³-hybridized carbons (Fsp3) is 0.300. The molecule has 0 saturated carbocycles. The highest BCUT2D eigenvalue weighted by molar-refractivity contribution is 7.92. The van der Waals surface area contributed by atoms with Gasteiger partial charge in [0.05, 0.1) is 10.5 Å². The van der Waals surface area contributed by atoms with Crippen LogP contribution >= 0.6 is 0 Å². The monoisotopic (exact) mass is 296 g/mol. The van der Waals surface area contributed by atoms with E-state index in [1.807, 2.05) is 0 Å². The number of anilines is 1. The molecule has 0 fully saturated rings. The molecule has 1 aromatic carbocycles. The Hall–Kier alpha value is -1.77. The van der Waals surface area contributed by atoms with Crippen molar-refractivity contribution < 1.29 is 26.4 Å². The highest BCUT2D eigenvalue weighted by Crippen LogP contribution is 2.32. The zero-order chi connectivity index (χ0) is 14.8. The lowest BCUT2D eigenvalue weighted by Crippen LogP contribution is -2.24. The van der Waals surface area contributed by atoms with Gasteiger partial charge in [-0.05, 0) is 25.1 Å². The Labute approximate surface area is 107 Å². The molecule has 0 spiro atoms. The zero-order valence-corrected chi connectivity index (χ0v) is 10.6. The number of amides is 1. The molecule has 0 aliphatic heterocycles. The van der Waals surface area contributed by atoms with E-state index in [2.05, 4.69) is 5.32 Å². The van der Waals surface area contributed by atoms with Crippen molar-refractivity contribution in [2.75, 3.05) is 11.9 Å². The predicted octanol–water partition coefficient (Wildman–Crippen LogP) is 1.51. The maximum atomic E-state index is 12.4. The molecule has 0 aromatic heterocycles. The van der Waals surface area contributed by atoms with Crippen molar-refractivity contribution in [3.63, 3.8) is 0 Å². The smallest absolute Gasteiger partial charge is 0.385 e. The molecule has 106 valence electrons. The molecule has 0 heterocycles. The number of alkyl halides is 3. The van der Waals surface area contributed by atoms with Gasteiger partial charge in [0.15, 0.2) is 0 Å². The second-order valence-corrected chi connectivity index (χ2v) is 5.49. The van der Waals surface area contributed by atoms with Crippen molar-refractivity contribution in [3.8, 4) is 0 Å². The summed E-state index contributed by atoms with van der Waals surface area (Å²) in [7, 11) is -5.50. The molecule has 3 N–H and O–H groups in total. The lowest BCUT2D eigenvalue weighted by atomic mass is 10.1. The maximum absolute atomic E-state index is 12.4. The van der Waals surface area contributed by atoms with Gasteiger partial charge in [-0.15, -0.1) is 0 Å². The van der Waals surface area contributed by atoms with Gasteiger partial charge in [0.25, 0.3) is 15.7 Å². The summed E-state index contributed by atoms with van der Waals surface area (Å²) in [6.07, 6.45) is 0. The molecule has 0 aliphatic carbocycles. The Morgan fingerprint density at radius 3 is 2.37 bits per heavy atom. The molecule has 0 saturated heterocycles. The Morgan fingerprint density at radius 2 is 1.95 bits per heavy atom. The van der Waals surface area contributed by atoms with Gasteiger partial charge >= 0.3 is 5.51 Å². The van der Waals surface area contributed by atoms with Crippen LogP contribution < -0.4 is 11.1 Å². The number of nitrogens with one attached hydrogen (secondary N) is 1. The van der Waals surface area contributed by atoms with Gasteiger partial charge in [0, 0.05) is 12.2 Å². The highest BCUT2D eigenvalue weighted by Gasteiger charge is 2.47. The van der Waals surface area contributed by atoms with Crippen LogP contribution in [-0.2, 0) is 9.84 Å². The summed E-state index contributed by atoms with van der Waals surface area (Å²) in [5, 5.41) is 2.70. The van der Waals surface area contributed by atoms with Crippen LogP contribution in [0.4, 0.5) is 18.9 Å². The SMILES string of the molecule is CCNc1ccc(S(=O)(=O)C(F)(F)F)cc1C(N)=O. The number of sulfone groups is 1. The van der Waals surface area contributed by atoms with Crippen molar-refractivity contribution in [3.05, 3.63) is 23.8 Å². The van der Waals surface area contributed by atoms with Crippen LogP contribution in [0, 0.1) is 0 Å². The Kier molecular flexibility index (Phi) is 4.09. The van der Waals surface area contributed by atoms with Gasteiger partial charge in [0.1, 0.15) is 0 Å². The van der Waals surface area contributed by atoms with Crippen LogP contribution in [0.2, 0.25) is 0 Å². The average molecular weight is 296 g/mol. The number of carbonyl (C=O) groups is 1. The summed E-state index contributed by atoms with van der Waals surface area (Å²) in [6.45, 7) is 2.09. The summed E-state index contributed by atoms with van der Waals surface area (Å²) < 4.78 is 59.5. The van der Waals surface area contributed by atoms with E-state index in [1.165, 1.54) is 0 Å². The molecule has 0 atom stereocenters. The zero-order valence-electron chi connectivity index (χ0n) is 9.78. The quantitative estimate of drug-likeness (QED) is 0.881. The average Bonchev–Trinajstić information content (AvgIpc) is 2.27. The molecule has 1 amide bonds. The van der Waals surface area contributed by atoms with Crippen LogP contribution in [0.3, 0.4) is 0 Å². The number of halogens is 3. The van der Waals surface area contributed by atoms with E-state index in [1.54, 1.807) is 6.92 Å². The number of hydrogen-bond donors (Lipinski definition) is 2. The van der Waals surface area contributed by atoms with Crippen LogP contribution in [0.1, 0.15) is 17.3 Å². The maximum Gasteiger partial charge on any atom is 0.501 e. The van der Waals surface area contributed by atoms with Gasteiger partial charge in [0.2, 0.25) is 0 Å². The molecule has 1 aromatic rings. The molecular weight excluding hydrogens is 285 g/mol. The lowest BCUT2D eigenvalue weighted by molar-refractivity contribution is -0.0436. The summed E-state index contributed by atoms with van der Waals surface area (Å²) in [5.41, 5.74) is -0.554. The van der Waals surface area contributed by atoms with Gasteiger partial charge in [-0.2, -0.15) is 13.2 Å². The molecule has 0 aliphatic rings. The van der Waals surface area contributed by atoms with Crippen LogP contribution in [0.15, 0.2) is 23.1 Å². The van der Waals surface area contributed by atoms with Crippen molar-refractivity contribution >= 4 is 21.4 Å². The first-order chi connectivity index (χ1) is 8.61. The summed E-state index contributed by atoms with van der Waals surface area (Å²) in [6, 6.07) is 2.46. The van der Waals surface area contributed by atoms with Crippen LogP contribution in [0.25, 0.3) is 0 Å². The van der Waals surface area contributed by atoms with Gasteiger partial charge in [-0.1, -0.05) is 0 Å². The molecular formula is C10H11F3N2O3S. The van der Waals surface area contributed by atoms with Crippen molar-refractivity contribution in [1.29, 1.82) is 0 Å². The van der Waals surface area contributed by atoms with E-state index in [0.717, 1.165) is 12.1 Å². The first kappa shape index (κ1) is 15.3. The number of hydrogen-bond acceptors (Lipinski definition) is 4. The second kappa shape index (κ2) is 5.08. The minimum absolute atomic E-state index is 0.177. The van der Waals surface area contributed by atoms with Gasteiger partial charge < -0.3 is 11.1 Å². The molecule has 0 bridgehead atoms. The third kappa shape index (κ3) is 2.98. The van der Waals surface area contributed by atoms with E-state index in [9.17, 15) is 26.4 Å². The fourth-order valence-corrected chi connectivity index (χ4v) is 2.16. The Balaban J connectivity index is 3.43. The topological polar surface area (TPSA) is 89.3 Å². The summed E-state index contributed by atoms with van der Waals surface area (Å²) >= 11 is 0. The van der Waals surface area contributed by atoms with E-state index >= 15 is 0 Å². The third-order valence-corrected chi connectivity index (χ3v) is 3.72. The Morgan fingerprint density at radius 1 is 1.37 bits per heavy atom. The minimum Gasteiger partial charge on any atom is -0.385 e. The second-order valence-electron chi connectivity index (χ2n) is 3.55. The van der Waals surface area contributed by atoms with E-state index in [4.69, 9.17) is 5.73 Å². The first-order valence-electron chi connectivity index (χ1n) is 5.10. The number of benzene rings is 1. The first-order valence-corrected chi connectivity index (χ1v) is 6.58. The number of primary amides is 1.